The molecule has 1 fully saturated rings. The molecule has 0 aromatic carbocycles. The molecule has 1 atom stereocenters. The number of halogens is 1. The summed E-state index contributed by atoms with van der Waals surface area (Å²) in [4.78, 5) is 26.4. The molecule has 4 heterocycles. The monoisotopic (exact) mass is 373 g/mol. The number of hydrogen-bond donors (Lipinski definition) is 1. The molecule has 0 bridgehead atoms. The van der Waals surface area contributed by atoms with E-state index in [1.165, 1.54) is 0 Å². The molecule has 1 unspecified atom stereocenters. The van der Waals surface area contributed by atoms with E-state index in [4.69, 9.17) is 0 Å². The van der Waals surface area contributed by atoms with Crippen molar-refractivity contribution in [2.75, 3.05) is 13.1 Å². The number of aromatic amines is 1. The number of fused-ring (bicyclic) bond motifs is 1. The zero-order valence-corrected chi connectivity index (χ0v) is 14.0. The maximum absolute atomic E-state index is 12.9. The molecular weight excluding hydrogens is 358 g/mol. The number of carbonyl (C=O) groups is 1. The first-order chi connectivity index (χ1) is 11.2. The summed E-state index contributed by atoms with van der Waals surface area (Å²) in [5.41, 5.74) is 1.42. The van der Waals surface area contributed by atoms with Crippen molar-refractivity contribution in [2.24, 2.45) is 0 Å². The van der Waals surface area contributed by atoms with E-state index in [9.17, 15) is 4.79 Å². The number of aromatic nitrogens is 4. The lowest BCUT2D eigenvalue weighted by Gasteiger charge is -2.33. The second kappa shape index (κ2) is 5.81. The van der Waals surface area contributed by atoms with E-state index in [1.807, 2.05) is 23.5 Å². The van der Waals surface area contributed by atoms with E-state index < -0.39 is 0 Å². The number of likely N-dealkylation sites (tertiary alicyclic amines) is 1. The van der Waals surface area contributed by atoms with Gasteiger partial charge in [-0.2, -0.15) is 0 Å². The largest absolute Gasteiger partial charge is 0.345 e. The Labute approximate surface area is 141 Å². The minimum absolute atomic E-state index is 0.0564. The van der Waals surface area contributed by atoms with Crippen LogP contribution in [0.4, 0.5) is 0 Å². The van der Waals surface area contributed by atoms with E-state index in [2.05, 4.69) is 35.4 Å². The lowest BCUT2D eigenvalue weighted by Crippen LogP contribution is -2.40. The predicted molar refractivity (Wildman–Crippen MR) is 90.2 cm³/mol. The average molecular weight is 374 g/mol. The molecule has 3 aromatic rings. The van der Waals surface area contributed by atoms with Gasteiger partial charge >= 0.3 is 0 Å². The van der Waals surface area contributed by atoms with Gasteiger partial charge in [-0.15, -0.1) is 0 Å². The molecule has 3 aromatic heterocycles. The SMILES string of the molecule is O=C(c1c[nH]c2ncc(Br)cc12)N1CCCC(n2ccnc2)C1. The van der Waals surface area contributed by atoms with Crippen LogP contribution in [0.15, 0.2) is 41.7 Å². The molecule has 0 aliphatic carbocycles. The van der Waals surface area contributed by atoms with Crippen LogP contribution in [-0.2, 0) is 0 Å². The lowest BCUT2D eigenvalue weighted by molar-refractivity contribution is 0.0681. The highest BCUT2D eigenvalue weighted by atomic mass is 79.9. The van der Waals surface area contributed by atoms with Gasteiger partial charge in [0.05, 0.1) is 17.9 Å². The van der Waals surface area contributed by atoms with Gasteiger partial charge in [-0.3, -0.25) is 4.79 Å². The van der Waals surface area contributed by atoms with E-state index >= 15 is 0 Å². The lowest BCUT2D eigenvalue weighted by atomic mass is 10.0. The molecule has 1 aliphatic heterocycles. The molecule has 0 radical (unpaired) electrons. The van der Waals surface area contributed by atoms with Crippen molar-refractivity contribution >= 4 is 32.9 Å². The molecule has 4 rings (SSSR count). The third-order valence-corrected chi connectivity index (χ3v) is 4.79. The Morgan fingerprint density at radius 2 is 2.35 bits per heavy atom. The summed E-state index contributed by atoms with van der Waals surface area (Å²) in [7, 11) is 0. The van der Waals surface area contributed by atoms with Crippen LogP contribution in [0.5, 0.6) is 0 Å². The van der Waals surface area contributed by atoms with Gasteiger partial charge in [-0.25, -0.2) is 9.97 Å². The maximum atomic E-state index is 12.9. The van der Waals surface area contributed by atoms with Crippen molar-refractivity contribution in [1.29, 1.82) is 0 Å². The van der Waals surface area contributed by atoms with Crippen molar-refractivity contribution < 1.29 is 4.79 Å². The Kier molecular flexibility index (Phi) is 3.65. The summed E-state index contributed by atoms with van der Waals surface area (Å²) in [6.45, 7) is 1.50. The molecule has 7 heteroatoms. The maximum Gasteiger partial charge on any atom is 0.256 e. The Hall–Kier alpha value is -2.15. The van der Waals surface area contributed by atoms with Crippen LogP contribution < -0.4 is 0 Å². The molecule has 23 heavy (non-hydrogen) atoms. The molecule has 1 saturated heterocycles. The molecule has 6 nitrogen and oxygen atoms in total. The Balaban J connectivity index is 1.61. The van der Waals surface area contributed by atoms with Gasteiger partial charge in [0.15, 0.2) is 0 Å². The summed E-state index contributed by atoms with van der Waals surface area (Å²) in [5.74, 6) is 0.0564. The Morgan fingerprint density at radius 3 is 3.17 bits per heavy atom. The Morgan fingerprint density at radius 1 is 1.43 bits per heavy atom. The third-order valence-electron chi connectivity index (χ3n) is 4.36. The first-order valence-corrected chi connectivity index (χ1v) is 8.41. The minimum atomic E-state index is 0.0564. The second-order valence-corrected chi connectivity index (χ2v) is 6.72. The van der Waals surface area contributed by atoms with Gasteiger partial charge in [-0.05, 0) is 34.8 Å². The Bertz CT molecular complexity index is 841. The van der Waals surface area contributed by atoms with Crippen LogP contribution in [0.2, 0.25) is 0 Å². The molecular formula is C16H16BrN5O. The quantitative estimate of drug-likeness (QED) is 0.750. The van der Waals surface area contributed by atoms with Crippen LogP contribution >= 0.6 is 15.9 Å². The van der Waals surface area contributed by atoms with E-state index in [0.29, 0.717) is 18.2 Å². The van der Waals surface area contributed by atoms with Crippen LogP contribution in [0.3, 0.4) is 0 Å². The third kappa shape index (κ3) is 2.65. The van der Waals surface area contributed by atoms with Crippen molar-refractivity contribution in [2.45, 2.75) is 18.9 Å². The molecule has 1 amide bonds. The second-order valence-electron chi connectivity index (χ2n) is 5.81. The van der Waals surface area contributed by atoms with Crippen molar-refractivity contribution in [1.82, 2.24) is 24.4 Å². The smallest absolute Gasteiger partial charge is 0.256 e. The van der Waals surface area contributed by atoms with Crippen molar-refractivity contribution in [3.8, 4) is 0 Å². The fourth-order valence-corrected chi connectivity index (χ4v) is 3.52. The van der Waals surface area contributed by atoms with Gasteiger partial charge in [0.2, 0.25) is 0 Å². The standard InChI is InChI=1S/C16H16BrN5O/c17-11-6-13-14(8-20-15(13)19-7-11)16(23)21-4-1-2-12(9-21)22-5-3-18-10-22/h3,5-8,10,12H,1-2,4,9H2,(H,19,20). The first-order valence-electron chi connectivity index (χ1n) is 7.62. The number of nitrogens with one attached hydrogen (secondary N) is 1. The number of rotatable bonds is 2. The fourth-order valence-electron chi connectivity index (χ4n) is 3.19. The van der Waals surface area contributed by atoms with E-state index in [0.717, 1.165) is 34.9 Å². The molecule has 118 valence electrons. The highest BCUT2D eigenvalue weighted by Gasteiger charge is 2.26. The summed E-state index contributed by atoms with van der Waals surface area (Å²) < 4.78 is 2.96. The summed E-state index contributed by atoms with van der Waals surface area (Å²) in [6.07, 6.45) is 11.1. The average Bonchev–Trinajstić information content (AvgIpc) is 3.24. The van der Waals surface area contributed by atoms with Crippen LogP contribution in [0.1, 0.15) is 29.2 Å². The fraction of sp³-hybridized carbons (Fsp3) is 0.312. The number of nitrogens with zero attached hydrogens (tertiary/aromatic N) is 4. The first kappa shape index (κ1) is 14.4. The van der Waals surface area contributed by atoms with Gasteiger partial charge in [-0.1, -0.05) is 0 Å². The number of amides is 1. The number of pyridine rings is 1. The summed E-state index contributed by atoms with van der Waals surface area (Å²) in [5, 5.41) is 0.856. The summed E-state index contributed by atoms with van der Waals surface area (Å²) >= 11 is 3.42. The normalized spacial score (nSPS) is 18.5. The number of hydrogen-bond acceptors (Lipinski definition) is 3. The zero-order valence-electron chi connectivity index (χ0n) is 12.4. The summed E-state index contributed by atoms with van der Waals surface area (Å²) in [6, 6.07) is 2.23. The van der Waals surface area contributed by atoms with Gasteiger partial charge < -0.3 is 14.5 Å². The van der Waals surface area contributed by atoms with Crippen LogP contribution in [0, 0.1) is 0 Å². The topological polar surface area (TPSA) is 66.8 Å². The highest BCUT2D eigenvalue weighted by molar-refractivity contribution is 9.10. The molecule has 1 N–H and O–H groups in total. The van der Waals surface area contributed by atoms with Crippen LogP contribution in [0.25, 0.3) is 11.0 Å². The van der Waals surface area contributed by atoms with Crippen LogP contribution in [-0.4, -0.2) is 43.4 Å². The zero-order chi connectivity index (χ0) is 15.8. The number of H-pyrrole nitrogens is 1. The molecule has 0 spiro atoms. The van der Waals surface area contributed by atoms with E-state index in [1.54, 1.807) is 18.6 Å². The van der Waals surface area contributed by atoms with Crippen molar-refractivity contribution in [3.63, 3.8) is 0 Å². The molecule has 1 aliphatic rings. The van der Waals surface area contributed by atoms with Gasteiger partial charge in [0, 0.05) is 47.7 Å². The van der Waals surface area contributed by atoms with E-state index in [-0.39, 0.29) is 5.91 Å². The number of imidazole rings is 1. The van der Waals surface area contributed by atoms with Gasteiger partial charge in [0.25, 0.3) is 5.91 Å². The predicted octanol–water partition coefficient (Wildman–Crippen LogP) is 3.00. The van der Waals surface area contributed by atoms with Crippen molar-refractivity contribution in [3.05, 3.63) is 47.2 Å². The van der Waals surface area contributed by atoms with Gasteiger partial charge in [0.1, 0.15) is 5.65 Å². The molecule has 0 saturated carbocycles. The number of carbonyl (C=O) groups excluding carboxylic acids is 1. The highest BCUT2D eigenvalue weighted by Crippen LogP contribution is 2.26. The number of piperidine rings is 1. The minimum Gasteiger partial charge on any atom is -0.345 e.